The Balaban J connectivity index is 2.02. The lowest BCUT2D eigenvalue weighted by atomic mass is 10.1. The lowest BCUT2D eigenvalue weighted by molar-refractivity contribution is 0.835. The van der Waals surface area contributed by atoms with Crippen LogP contribution in [0.15, 0.2) is 54.7 Å². The average molecular weight is 257 g/mol. The van der Waals surface area contributed by atoms with Crippen LogP contribution in [0.2, 0.25) is 0 Å². The molecule has 0 spiro atoms. The Labute approximate surface area is 116 Å². The molecule has 0 aliphatic carbocycles. The van der Waals surface area contributed by atoms with Gasteiger partial charge in [-0.3, -0.25) is 0 Å². The summed E-state index contributed by atoms with van der Waals surface area (Å²) >= 11 is 0. The molecule has 3 rings (SSSR count). The van der Waals surface area contributed by atoms with Gasteiger partial charge in [0.25, 0.3) is 0 Å². The third kappa shape index (κ3) is 2.02. The van der Waals surface area contributed by atoms with E-state index >= 15 is 0 Å². The summed E-state index contributed by atoms with van der Waals surface area (Å²) in [5.74, 6) is 0. The lowest BCUT2D eigenvalue weighted by Crippen LogP contribution is -1.97. The van der Waals surface area contributed by atoms with Crippen molar-refractivity contribution in [3.8, 4) is 12.1 Å². The van der Waals surface area contributed by atoms with Crippen molar-refractivity contribution in [3.05, 3.63) is 71.4 Å². The number of para-hydroxylation sites is 1. The van der Waals surface area contributed by atoms with Gasteiger partial charge in [-0.2, -0.15) is 10.5 Å². The van der Waals surface area contributed by atoms with Crippen molar-refractivity contribution in [2.45, 2.75) is 6.54 Å². The second-order valence-electron chi connectivity index (χ2n) is 4.61. The number of fused-ring (bicyclic) bond motifs is 1. The normalized spacial score (nSPS) is 10.1. The highest BCUT2D eigenvalue weighted by Crippen LogP contribution is 2.21. The first-order valence-electron chi connectivity index (χ1n) is 6.29. The van der Waals surface area contributed by atoms with Crippen LogP contribution in [0.4, 0.5) is 0 Å². The van der Waals surface area contributed by atoms with Gasteiger partial charge < -0.3 is 4.57 Å². The van der Waals surface area contributed by atoms with Crippen LogP contribution in [0.1, 0.15) is 16.7 Å². The molecule has 0 N–H and O–H groups in total. The number of aromatic nitrogens is 1. The number of hydrogen-bond donors (Lipinski definition) is 0. The summed E-state index contributed by atoms with van der Waals surface area (Å²) in [5, 5.41) is 19.0. The van der Waals surface area contributed by atoms with Gasteiger partial charge in [-0.05, 0) is 23.8 Å². The third-order valence-corrected chi connectivity index (χ3v) is 3.34. The van der Waals surface area contributed by atoms with Gasteiger partial charge in [-0.25, -0.2) is 0 Å². The molecule has 3 heteroatoms. The van der Waals surface area contributed by atoms with E-state index in [1.54, 1.807) is 0 Å². The van der Waals surface area contributed by atoms with Crippen molar-refractivity contribution < 1.29 is 0 Å². The van der Waals surface area contributed by atoms with Crippen LogP contribution < -0.4 is 0 Å². The van der Waals surface area contributed by atoms with Crippen molar-refractivity contribution in [2.24, 2.45) is 0 Å². The maximum Gasteiger partial charge on any atom is 0.101 e. The molecule has 0 aliphatic heterocycles. The molecule has 0 saturated carbocycles. The third-order valence-electron chi connectivity index (χ3n) is 3.34. The predicted molar refractivity (Wildman–Crippen MR) is 76.9 cm³/mol. The molecule has 0 fully saturated rings. The zero-order chi connectivity index (χ0) is 13.9. The fourth-order valence-corrected chi connectivity index (χ4v) is 2.35. The van der Waals surface area contributed by atoms with E-state index in [0.717, 1.165) is 16.5 Å². The Kier molecular flexibility index (Phi) is 2.95. The number of nitriles is 2. The predicted octanol–water partition coefficient (Wildman–Crippen LogP) is 3.43. The topological polar surface area (TPSA) is 52.5 Å². The Morgan fingerprint density at radius 2 is 1.65 bits per heavy atom. The minimum atomic E-state index is 0.656. The molecule has 1 heterocycles. The Hall–Kier alpha value is -3.04. The second kappa shape index (κ2) is 4.91. The van der Waals surface area contributed by atoms with Crippen LogP contribution in [0.5, 0.6) is 0 Å². The fraction of sp³-hybridized carbons (Fsp3) is 0.0588. The maximum absolute atomic E-state index is 9.18. The number of rotatable bonds is 2. The summed E-state index contributed by atoms with van der Waals surface area (Å²) in [5.41, 5.74) is 3.50. The van der Waals surface area contributed by atoms with Gasteiger partial charge in [0, 0.05) is 23.6 Å². The van der Waals surface area contributed by atoms with Crippen molar-refractivity contribution in [3.63, 3.8) is 0 Å². The van der Waals surface area contributed by atoms with Crippen LogP contribution >= 0.6 is 0 Å². The van der Waals surface area contributed by atoms with Gasteiger partial charge in [0.1, 0.15) is 6.07 Å². The SMILES string of the molecule is N#Cc1ccc(Cn2cc(C#N)c3ccccc32)cc1. The molecule has 1 aromatic heterocycles. The van der Waals surface area contributed by atoms with E-state index in [9.17, 15) is 5.26 Å². The van der Waals surface area contributed by atoms with Crippen molar-refractivity contribution in [2.75, 3.05) is 0 Å². The summed E-state index contributed by atoms with van der Waals surface area (Å²) < 4.78 is 2.06. The molecule has 0 atom stereocenters. The molecular weight excluding hydrogens is 246 g/mol. The van der Waals surface area contributed by atoms with Gasteiger partial charge in [-0.1, -0.05) is 30.3 Å². The highest BCUT2D eigenvalue weighted by Gasteiger charge is 2.07. The summed E-state index contributed by atoms with van der Waals surface area (Å²) in [6.45, 7) is 0.688. The standard InChI is InChI=1S/C17H11N3/c18-9-13-5-7-14(8-6-13)11-20-12-15(10-19)16-3-1-2-4-17(16)20/h1-8,12H,11H2. The average Bonchev–Trinajstić information content (AvgIpc) is 2.86. The summed E-state index contributed by atoms with van der Waals surface area (Å²) in [6.07, 6.45) is 1.88. The molecule has 3 nitrogen and oxygen atoms in total. The summed E-state index contributed by atoms with van der Waals surface area (Å²) in [6, 6.07) is 19.7. The highest BCUT2D eigenvalue weighted by atomic mass is 15.0. The summed E-state index contributed by atoms with van der Waals surface area (Å²) in [7, 11) is 0. The molecule has 0 saturated heterocycles. The Bertz CT molecular complexity index is 843. The Morgan fingerprint density at radius 1 is 0.900 bits per heavy atom. The molecule has 0 unspecified atom stereocenters. The molecule has 0 bridgehead atoms. The van der Waals surface area contributed by atoms with Crippen LogP contribution in [0, 0.1) is 22.7 Å². The smallest absolute Gasteiger partial charge is 0.101 e. The summed E-state index contributed by atoms with van der Waals surface area (Å²) in [4.78, 5) is 0. The van der Waals surface area contributed by atoms with Crippen LogP contribution in [0.3, 0.4) is 0 Å². The second-order valence-corrected chi connectivity index (χ2v) is 4.61. The van der Waals surface area contributed by atoms with Gasteiger partial charge in [0.05, 0.1) is 17.2 Å². The molecular formula is C17H11N3. The van der Waals surface area contributed by atoms with Gasteiger partial charge >= 0.3 is 0 Å². The first kappa shape index (κ1) is 12.0. The number of hydrogen-bond acceptors (Lipinski definition) is 2. The van der Waals surface area contributed by atoms with Gasteiger partial charge in [0.15, 0.2) is 0 Å². The van der Waals surface area contributed by atoms with Gasteiger partial charge in [0.2, 0.25) is 0 Å². The number of nitrogens with zero attached hydrogens (tertiary/aromatic N) is 3. The van der Waals surface area contributed by atoms with E-state index in [1.165, 1.54) is 0 Å². The van der Waals surface area contributed by atoms with Gasteiger partial charge in [-0.15, -0.1) is 0 Å². The molecule has 94 valence electrons. The van der Waals surface area contributed by atoms with Crippen LogP contribution in [-0.2, 0) is 6.54 Å². The fourth-order valence-electron chi connectivity index (χ4n) is 2.35. The monoisotopic (exact) mass is 257 g/mol. The quantitative estimate of drug-likeness (QED) is 0.706. The lowest BCUT2D eigenvalue weighted by Gasteiger charge is -2.05. The van der Waals surface area contributed by atoms with Crippen molar-refractivity contribution in [1.29, 1.82) is 10.5 Å². The highest BCUT2D eigenvalue weighted by molar-refractivity contribution is 5.86. The van der Waals surface area contributed by atoms with E-state index in [2.05, 4.69) is 16.7 Å². The first-order valence-corrected chi connectivity index (χ1v) is 6.29. The zero-order valence-electron chi connectivity index (χ0n) is 10.7. The van der Waals surface area contributed by atoms with E-state index in [1.807, 2.05) is 54.7 Å². The zero-order valence-corrected chi connectivity index (χ0v) is 10.7. The molecule has 0 amide bonds. The van der Waals surface area contributed by atoms with Crippen molar-refractivity contribution >= 4 is 10.9 Å². The van der Waals surface area contributed by atoms with E-state index < -0.39 is 0 Å². The molecule has 20 heavy (non-hydrogen) atoms. The first-order chi connectivity index (χ1) is 9.81. The maximum atomic E-state index is 9.18. The van der Waals surface area contributed by atoms with E-state index in [4.69, 9.17) is 5.26 Å². The van der Waals surface area contributed by atoms with Crippen molar-refractivity contribution in [1.82, 2.24) is 4.57 Å². The molecule has 3 aromatic rings. The van der Waals surface area contributed by atoms with Crippen LogP contribution in [0.25, 0.3) is 10.9 Å². The number of benzene rings is 2. The largest absolute Gasteiger partial charge is 0.342 e. The Morgan fingerprint density at radius 3 is 2.35 bits per heavy atom. The minimum absolute atomic E-state index is 0.656. The molecule has 0 radical (unpaired) electrons. The van der Waals surface area contributed by atoms with Crippen LogP contribution in [-0.4, -0.2) is 4.57 Å². The van der Waals surface area contributed by atoms with E-state index in [0.29, 0.717) is 17.7 Å². The molecule has 0 aliphatic rings. The van der Waals surface area contributed by atoms with E-state index in [-0.39, 0.29) is 0 Å². The minimum Gasteiger partial charge on any atom is -0.342 e. The molecule has 2 aromatic carbocycles.